The van der Waals surface area contributed by atoms with E-state index in [9.17, 15) is 14.4 Å². The fourth-order valence-corrected chi connectivity index (χ4v) is 4.44. The van der Waals surface area contributed by atoms with Gasteiger partial charge in [0.2, 0.25) is 11.0 Å². The summed E-state index contributed by atoms with van der Waals surface area (Å²) in [7, 11) is 0. The van der Waals surface area contributed by atoms with E-state index in [1.54, 1.807) is 0 Å². The number of H-pyrrole nitrogens is 1. The van der Waals surface area contributed by atoms with Crippen molar-refractivity contribution in [2.75, 3.05) is 28.7 Å². The van der Waals surface area contributed by atoms with Gasteiger partial charge in [0.15, 0.2) is 10.0 Å². The molecule has 0 fully saturated rings. The fourth-order valence-electron chi connectivity index (χ4n) is 2.92. The molecule has 1 amide bonds. The van der Waals surface area contributed by atoms with E-state index in [4.69, 9.17) is 11.5 Å². The molecule has 2 aromatic heterocycles. The Morgan fingerprint density at radius 1 is 1.23 bits per heavy atom. The van der Waals surface area contributed by atoms with Gasteiger partial charge in [-0.2, -0.15) is 0 Å². The predicted molar refractivity (Wildman–Crippen MR) is 124 cm³/mol. The molecule has 0 saturated heterocycles. The summed E-state index contributed by atoms with van der Waals surface area (Å²) >= 11 is 2.35. The van der Waals surface area contributed by atoms with Gasteiger partial charge in [-0.3, -0.25) is 19.1 Å². The molecule has 0 aliphatic carbocycles. The first kappa shape index (κ1) is 22.6. The molecule has 1 aromatic carbocycles. The highest BCUT2D eigenvalue weighted by Gasteiger charge is 2.25. The first-order chi connectivity index (χ1) is 14.8. The van der Waals surface area contributed by atoms with Crippen LogP contribution in [0.1, 0.15) is 19.4 Å². The first-order valence-corrected chi connectivity index (χ1v) is 11.2. The lowest BCUT2D eigenvalue weighted by Crippen LogP contribution is -2.43. The van der Waals surface area contributed by atoms with Gasteiger partial charge in [-0.05, 0) is 11.5 Å². The predicted octanol–water partition coefficient (Wildman–Crippen LogP) is 1.38. The lowest BCUT2D eigenvalue weighted by Gasteiger charge is -2.26. The molecule has 12 heteroatoms. The van der Waals surface area contributed by atoms with Crippen LogP contribution in [0.25, 0.3) is 0 Å². The molecule has 0 atom stereocenters. The number of rotatable bonds is 8. The van der Waals surface area contributed by atoms with Gasteiger partial charge in [0.05, 0.1) is 12.3 Å². The number of benzene rings is 1. The molecule has 31 heavy (non-hydrogen) atoms. The van der Waals surface area contributed by atoms with Crippen molar-refractivity contribution in [1.82, 2.24) is 19.7 Å². The van der Waals surface area contributed by atoms with Crippen molar-refractivity contribution in [3.05, 3.63) is 56.7 Å². The third kappa shape index (κ3) is 5.52. The van der Waals surface area contributed by atoms with E-state index < -0.39 is 11.2 Å². The number of aromatic nitrogens is 4. The number of hydrogen-bond donors (Lipinski definition) is 3. The number of aromatic amines is 1. The molecule has 0 radical (unpaired) electrons. The molecule has 164 valence electrons. The summed E-state index contributed by atoms with van der Waals surface area (Å²) in [4.78, 5) is 41.8. The topological polar surface area (TPSA) is 153 Å². The Labute approximate surface area is 186 Å². The largest absolute Gasteiger partial charge is 0.383 e. The van der Waals surface area contributed by atoms with Crippen LogP contribution in [0.4, 0.5) is 16.6 Å². The molecular formula is C19H23N7O3S2. The number of carbonyl (C=O) groups excluding carboxylic acids is 1. The summed E-state index contributed by atoms with van der Waals surface area (Å²) in [6, 6.07) is 9.24. The van der Waals surface area contributed by atoms with Crippen LogP contribution in [0.2, 0.25) is 0 Å². The van der Waals surface area contributed by atoms with Gasteiger partial charge in [0.1, 0.15) is 5.82 Å². The summed E-state index contributed by atoms with van der Waals surface area (Å²) in [5.41, 5.74) is 11.3. The van der Waals surface area contributed by atoms with Crippen LogP contribution in [-0.4, -0.2) is 38.0 Å². The smallest absolute Gasteiger partial charge is 0.330 e. The zero-order chi connectivity index (χ0) is 22.5. The Bertz CT molecular complexity index is 1170. The number of nitrogen functional groups attached to an aromatic ring is 2. The van der Waals surface area contributed by atoms with Gasteiger partial charge in [0, 0.05) is 6.54 Å². The van der Waals surface area contributed by atoms with Crippen LogP contribution in [0, 0.1) is 5.92 Å². The number of thioether (sulfide) groups is 1. The van der Waals surface area contributed by atoms with E-state index in [2.05, 4.69) is 15.2 Å². The van der Waals surface area contributed by atoms with E-state index in [1.807, 2.05) is 44.2 Å². The zero-order valence-electron chi connectivity index (χ0n) is 17.1. The Balaban J connectivity index is 1.96. The molecular weight excluding hydrogens is 438 g/mol. The van der Waals surface area contributed by atoms with Crippen LogP contribution < -0.4 is 27.6 Å². The van der Waals surface area contributed by atoms with Crippen LogP contribution in [0.5, 0.6) is 0 Å². The number of amides is 1. The lowest BCUT2D eigenvalue weighted by molar-refractivity contribution is -0.116. The molecule has 5 N–H and O–H groups in total. The second-order valence-electron chi connectivity index (χ2n) is 7.16. The van der Waals surface area contributed by atoms with Crippen LogP contribution in [-0.2, 0) is 11.3 Å². The maximum absolute atomic E-state index is 13.1. The molecule has 3 rings (SSSR count). The van der Waals surface area contributed by atoms with Gasteiger partial charge < -0.3 is 16.4 Å². The molecule has 2 heterocycles. The Kier molecular flexibility index (Phi) is 7.13. The third-order valence-electron chi connectivity index (χ3n) is 4.26. The molecule has 0 spiro atoms. The molecule has 0 unspecified atom stereocenters. The second kappa shape index (κ2) is 9.79. The second-order valence-corrected chi connectivity index (χ2v) is 9.39. The Morgan fingerprint density at radius 2 is 1.94 bits per heavy atom. The average molecular weight is 462 g/mol. The normalized spacial score (nSPS) is 11.1. The summed E-state index contributed by atoms with van der Waals surface area (Å²) in [6.45, 7) is 4.26. The molecule has 10 nitrogen and oxygen atoms in total. The van der Waals surface area contributed by atoms with Crippen molar-refractivity contribution < 1.29 is 4.79 Å². The molecule has 0 bridgehead atoms. The molecule has 3 aromatic rings. The van der Waals surface area contributed by atoms with Crippen molar-refractivity contribution in [3.8, 4) is 0 Å². The molecule has 0 aliphatic rings. The van der Waals surface area contributed by atoms with Crippen LogP contribution in [0.3, 0.4) is 0 Å². The highest BCUT2D eigenvalue weighted by molar-refractivity contribution is 8.01. The minimum absolute atomic E-state index is 0.0119. The maximum atomic E-state index is 13.1. The van der Waals surface area contributed by atoms with Crippen LogP contribution in [0.15, 0.2) is 44.3 Å². The standard InChI is InChI=1S/C19H23N7O3S2/c1-11(2)8-25(13(27)10-30-19-24-23-17(21)31-19)14-15(20)26(18(29)22-16(14)28)9-12-6-4-3-5-7-12/h3-7,11H,8-10,20H2,1-2H3,(H2,21,23)(H,22,28,29). The average Bonchev–Trinajstić information content (AvgIpc) is 3.14. The van der Waals surface area contributed by atoms with Gasteiger partial charge >= 0.3 is 5.69 Å². The van der Waals surface area contributed by atoms with Crippen molar-refractivity contribution in [2.45, 2.75) is 24.7 Å². The first-order valence-electron chi connectivity index (χ1n) is 9.45. The van der Waals surface area contributed by atoms with Crippen LogP contribution >= 0.6 is 23.1 Å². The minimum Gasteiger partial charge on any atom is -0.383 e. The SMILES string of the molecule is CC(C)CN(C(=O)CSc1nnc(N)s1)c1c(N)n(Cc2ccccc2)c(=O)[nH]c1=O. The lowest BCUT2D eigenvalue weighted by atomic mass is 10.2. The number of carbonyl (C=O) groups is 1. The number of hydrogen-bond acceptors (Lipinski definition) is 9. The quantitative estimate of drug-likeness (QED) is 0.425. The van der Waals surface area contributed by atoms with Gasteiger partial charge in [-0.15, -0.1) is 10.2 Å². The summed E-state index contributed by atoms with van der Waals surface area (Å²) in [5, 5.41) is 7.92. The van der Waals surface area contributed by atoms with E-state index in [-0.39, 0.29) is 42.2 Å². The van der Waals surface area contributed by atoms with E-state index in [0.29, 0.717) is 9.47 Å². The van der Waals surface area contributed by atoms with Crippen molar-refractivity contribution in [2.24, 2.45) is 5.92 Å². The number of nitrogens with one attached hydrogen (secondary N) is 1. The highest BCUT2D eigenvalue weighted by Crippen LogP contribution is 2.25. The Morgan fingerprint density at radius 3 is 2.55 bits per heavy atom. The van der Waals surface area contributed by atoms with Crippen molar-refractivity contribution in [1.29, 1.82) is 0 Å². The zero-order valence-corrected chi connectivity index (χ0v) is 18.7. The minimum atomic E-state index is -0.703. The van der Waals surface area contributed by atoms with E-state index in [1.165, 1.54) is 32.6 Å². The number of anilines is 3. The molecule has 0 aliphatic heterocycles. The number of nitrogens with zero attached hydrogens (tertiary/aromatic N) is 4. The third-order valence-corrected chi connectivity index (χ3v) is 6.13. The van der Waals surface area contributed by atoms with Crippen molar-refractivity contribution >= 4 is 45.6 Å². The van der Waals surface area contributed by atoms with Crippen molar-refractivity contribution in [3.63, 3.8) is 0 Å². The highest BCUT2D eigenvalue weighted by atomic mass is 32.2. The van der Waals surface area contributed by atoms with E-state index >= 15 is 0 Å². The summed E-state index contributed by atoms with van der Waals surface area (Å²) in [6.07, 6.45) is 0. The maximum Gasteiger partial charge on any atom is 0.330 e. The van der Waals surface area contributed by atoms with Gasteiger partial charge in [-0.1, -0.05) is 67.3 Å². The number of nitrogens with two attached hydrogens (primary N) is 2. The monoisotopic (exact) mass is 461 g/mol. The summed E-state index contributed by atoms with van der Waals surface area (Å²) in [5.74, 6) is -0.330. The van der Waals surface area contributed by atoms with E-state index in [0.717, 1.165) is 5.56 Å². The Hall–Kier alpha value is -3.12. The molecule has 0 saturated carbocycles. The van der Waals surface area contributed by atoms with Gasteiger partial charge in [0.25, 0.3) is 5.56 Å². The fraction of sp³-hybridized carbons (Fsp3) is 0.316. The summed E-state index contributed by atoms with van der Waals surface area (Å²) < 4.78 is 1.80. The van der Waals surface area contributed by atoms with Gasteiger partial charge in [-0.25, -0.2) is 4.79 Å².